The SMILES string of the molecule is CC(C)(C)NCc1cc(CN2CCSCC2)on1. The van der Waals surface area contributed by atoms with Crippen molar-refractivity contribution in [3.63, 3.8) is 0 Å². The lowest BCUT2D eigenvalue weighted by Gasteiger charge is -2.24. The summed E-state index contributed by atoms with van der Waals surface area (Å²) in [7, 11) is 0. The van der Waals surface area contributed by atoms with Crippen LogP contribution in [0.3, 0.4) is 0 Å². The number of aromatic nitrogens is 1. The second-order valence-electron chi connectivity index (χ2n) is 5.78. The predicted octanol–water partition coefficient (Wildman–Crippen LogP) is 2.11. The van der Waals surface area contributed by atoms with Crippen molar-refractivity contribution < 1.29 is 4.52 Å². The summed E-state index contributed by atoms with van der Waals surface area (Å²) < 4.78 is 5.39. The van der Waals surface area contributed by atoms with Crippen LogP contribution in [0.15, 0.2) is 10.6 Å². The fourth-order valence-corrected chi connectivity index (χ4v) is 2.83. The third kappa shape index (κ3) is 4.63. The van der Waals surface area contributed by atoms with Crippen molar-refractivity contribution in [2.24, 2.45) is 0 Å². The lowest BCUT2D eigenvalue weighted by atomic mass is 10.1. The molecule has 0 radical (unpaired) electrons. The molecule has 0 atom stereocenters. The molecule has 1 aromatic heterocycles. The zero-order chi connectivity index (χ0) is 13.0. The zero-order valence-electron chi connectivity index (χ0n) is 11.5. The monoisotopic (exact) mass is 269 g/mol. The van der Waals surface area contributed by atoms with Crippen molar-refractivity contribution in [1.29, 1.82) is 0 Å². The molecule has 102 valence electrons. The third-order valence-electron chi connectivity index (χ3n) is 2.89. The molecule has 1 aliphatic rings. The third-order valence-corrected chi connectivity index (χ3v) is 3.83. The van der Waals surface area contributed by atoms with Crippen molar-refractivity contribution in [3.05, 3.63) is 17.5 Å². The summed E-state index contributed by atoms with van der Waals surface area (Å²) in [5, 5.41) is 7.53. The molecule has 2 heterocycles. The van der Waals surface area contributed by atoms with E-state index in [0.29, 0.717) is 0 Å². The van der Waals surface area contributed by atoms with Crippen LogP contribution in [0, 0.1) is 0 Å². The summed E-state index contributed by atoms with van der Waals surface area (Å²) in [6.45, 7) is 10.4. The van der Waals surface area contributed by atoms with Crippen molar-refractivity contribution in [3.8, 4) is 0 Å². The molecule has 0 aromatic carbocycles. The second kappa shape index (κ2) is 6.08. The Labute approximate surface area is 113 Å². The first kappa shape index (κ1) is 13.9. The zero-order valence-corrected chi connectivity index (χ0v) is 12.3. The quantitative estimate of drug-likeness (QED) is 0.906. The van der Waals surface area contributed by atoms with E-state index in [1.165, 1.54) is 11.5 Å². The number of nitrogens with one attached hydrogen (secondary N) is 1. The molecule has 0 aliphatic carbocycles. The summed E-state index contributed by atoms with van der Waals surface area (Å²) in [6, 6.07) is 2.07. The van der Waals surface area contributed by atoms with Gasteiger partial charge in [-0.25, -0.2) is 0 Å². The van der Waals surface area contributed by atoms with Crippen LogP contribution in [0.2, 0.25) is 0 Å². The van der Waals surface area contributed by atoms with E-state index in [-0.39, 0.29) is 5.54 Å². The Morgan fingerprint density at radius 3 is 2.78 bits per heavy atom. The minimum atomic E-state index is 0.114. The van der Waals surface area contributed by atoms with E-state index < -0.39 is 0 Å². The fourth-order valence-electron chi connectivity index (χ4n) is 1.85. The molecule has 0 bridgehead atoms. The van der Waals surface area contributed by atoms with Crippen LogP contribution in [-0.4, -0.2) is 40.2 Å². The number of hydrogen-bond acceptors (Lipinski definition) is 5. The minimum Gasteiger partial charge on any atom is -0.360 e. The first-order valence-corrected chi connectivity index (χ1v) is 7.68. The normalized spacial score (nSPS) is 18.2. The summed E-state index contributed by atoms with van der Waals surface area (Å²) in [4.78, 5) is 2.43. The van der Waals surface area contributed by atoms with Gasteiger partial charge in [0.1, 0.15) is 0 Å². The van der Waals surface area contributed by atoms with Crippen molar-refractivity contribution in [1.82, 2.24) is 15.4 Å². The van der Waals surface area contributed by atoms with Gasteiger partial charge in [0.15, 0.2) is 5.76 Å². The molecular formula is C13H23N3OS. The number of rotatable bonds is 4. The molecular weight excluding hydrogens is 246 g/mol. The summed E-state index contributed by atoms with van der Waals surface area (Å²) in [5.74, 6) is 3.44. The van der Waals surface area contributed by atoms with E-state index in [9.17, 15) is 0 Å². The molecule has 2 rings (SSSR count). The molecule has 1 fully saturated rings. The highest BCUT2D eigenvalue weighted by Gasteiger charge is 2.14. The molecule has 1 saturated heterocycles. The second-order valence-corrected chi connectivity index (χ2v) is 7.00. The first-order chi connectivity index (χ1) is 8.53. The van der Waals surface area contributed by atoms with Gasteiger partial charge in [-0.15, -0.1) is 0 Å². The largest absolute Gasteiger partial charge is 0.360 e. The molecule has 0 spiro atoms. The molecule has 18 heavy (non-hydrogen) atoms. The Kier molecular flexibility index (Phi) is 4.70. The molecule has 1 aliphatic heterocycles. The van der Waals surface area contributed by atoms with E-state index in [0.717, 1.165) is 37.6 Å². The van der Waals surface area contributed by atoms with Crippen LogP contribution in [0.25, 0.3) is 0 Å². The van der Waals surface area contributed by atoms with Gasteiger partial charge in [-0.2, -0.15) is 11.8 Å². The van der Waals surface area contributed by atoms with Gasteiger partial charge in [-0.05, 0) is 20.8 Å². The topological polar surface area (TPSA) is 41.3 Å². The molecule has 4 nitrogen and oxygen atoms in total. The Hall–Kier alpha value is -0.520. The van der Waals surface area contributed by atoms with E-state index in [2.05, 4.69) is 42.2 Å². The first-order valence-electron chi connectivity index (χ1n) is 6.52. The fraction of sp³-hybridized carbons (Fsp3) is 0.769. The molecule has 0 saturated carbocycles. The number of thioether (sulfide) groups is 1. The highest BCUT2D eigenvalue weighted by atomic mass is 32.2. The number of nitrogens with zero attached hydrogens (tertiary/aromatic N) is 2. The van der Waals surface area contributed by atoms with E-state index >= 15 is 0 Å². The Morgan fingerprint density at radius 2 is 2.11 bits per heavy atom. The summed E-state index contributed by atoms with van der Waals surface area (Å²) in [6.07, 6.45) is 0. The van der Waals surface area contributed by atoms with Gasteiger partial charge in [0.05, 0.1) is 12.2 Å². The highest BCUT2D eigenvalue weighted by molar-refractivity contribution is 7.99. The van der Waals surface area contributed by atoms with Crippen LogP contribution in [0.1, 0.15) is 32.2 Å². The minimum absolute atomic E-state index is 0.114. The standard InChI is InChI=1S/C13H23N3OS/c1-13(2,3)14-9-11-8-12(17-15-11)10-16-4-6-18-7-5-16/h8,14H,4-7,9-10H2,1-3H3. The maximum Gasteiger partial charge on any atom is 0.151 e. The van der Waals surface area contributed by atoms with E-state index in [1.54, 1.807) is 0 Å². The van der Waals surface area contributed by atoms with Gasteiger partial charge in [-0.1, -0.05) is 5.16 Å². The van der Waals surface area contributed by atoms with Gasteiger partial charge in [0.25, 0.3) is 0 Å². The van der Waals surface area contributed by atoms with Crippen LogP contribution in [0.5, 0.6) is 0 Å². The molecule has 1 aromatic rings. The van der Waals surface area contributed by atoms with Crippen molar-refractivity contribution in [2.45, 2.75) is 39.4 Å². The van der Waals surface area contributed by atoms with Crippen LogP contribution >= 0.6 is 11.8 Å². The van der Waals surface area contributed by atoms with Crippen LogP contribution in [-0.2, 0) is 13.1 Å². The smallest absolute Gasteiger partial charge is 0.151 e. The summed E-state index contributed by atoms with van der Waals surface area (Å²) >= 11 is 2.03. The Morgan fingerprint density at radius 1 is 1.39 bits per heavy atom. The van der Waals surface area contributed by atoms with Crippen LogP contribution < -0.4 is 5.32 Å². The lowest BCUT2D eigenvalue weighted by molar-refractivity contribution is 0.250. The van der Waals surface area contributed by atoms with Crippen molar-refractivity contribution in [2.75, 3.05) is 24.6 Å². The molecule has 0 unspecified atom stereocenters. The average molecular weight is 269 g/mol. The Balaban J connectivity index is 1.82. The highest BCUT2D eigenvalue weighted by Crippen LogP contribution is 2.14. The van der Waals surface area contributed by atoms with Crippen LogP contribution in [0.4, 0.5) is 0 Å². The lowest BCUT2D eigenvalue weighted by Crippen LogP contribution is -2.35. The molecule has 5 heteroatoms. The van der Waals surface area contributed by atoms with Gasteiger partial charge < -0.3 is 9.84 Å². The van der Waals surface area contributed by atoms with Gasteiger partial charge in [-0.3, -0.25) is 4.90 Å². The maximum atomic E-state index is 5.39. The molecule has 0 amide bonds. The number of hydrogen-bond donors (Lipinski definition) is 1. The van der Waals surface area contributed by atoms with E-state index in [4.69, 9.17) is 4.52 Å². The van der Waals surface area contributed by atoms with E-state index in [1.807, 2.05) is 11.8 Å². The average Bonchev–Trinajstić information content (AvgIpc) is 2.75. The van der Waals surface area contributed by atoms with Gasteiger partial charge in [0.2, 0.25) is 0 Å². The van der Waals surface area contributed by atoms with Crippen molar-refractivity contribution >= 4 is 11.8 Å². The maximum absolute atomic E-state index is 5.39. The predicted molar refractivity (Wildman–Crippen MR) is 75.7 cm³/mol. The molecule has 1 N–H and O–H groups in total. The van der Waals surface area contributed by atoms with Gasteiger partial charge >= 0.3 is 0 Å². The Bertz CT molecular complexity index is 367. The summed E-state index contributed by atoms with van der Waals surface area (Å²) in [5.41, 5.74) is 1.11. The van der Waals surface area contributed by atoms with Gasteiger partial charge in [0, 0.05) is 42.7 Å².